The Kier molecular flexibility index (Phi) is 7.02. The Bertz CT molecular complexity index is 1810. The third-order valence-corrected chi connectivity index (χ3v) is 6.70. The third kappa shape index (κ3) is 5.58. The van der Waals surface area contributed by atoms with E-state index in [-0.39, 0.29) is 5.91 Å². The Morgan fingerprint density at radius 2 is 1.34 bits per heavy atom. The van der Waals surface area contributed by atoms with Crippen molar-refractivity contribution in [1.29, 1.82) is 0 Å². The lowest BCUT2D eigenvalue weighted by Crippen LogP contribution is -2.13. The number of aromatic nitrogens is 3. The van der Waals surface area contributed by atoms with Crippen LogP contribution in [0.15, 0.2) is 109 Å². The van der Waals surface area contributed by atoms with E-state index >= 15 is 0 Å². The molecule has 8 heteroatoms. The molecule has 0 saturated carbocycles. The first-order chi connectivity index (χ1) is 20.1. The van der Waals surface area contributed by atoms with Crippen molar-refractivity contribution in [2.45, 2.75) is 0 Å². The maximum Gasteiger partial charge on any atom is 0.256 e. The van der Waals surface area contributed by atoms with Gasteiger partial charge in [0.15, 0.2) is 5.65 Å². The molecular weight excluding hydrogens is 514 g/mol. The Labute approximate surface area is 237 Å². The molecule has 8 nitrogen and oxygen atoms in total. The van der Waals surface area contributed by atoms with E-state index in [2.05, 4.69) is 20.6 Å². The normalized spacial score (nSPS) is 10.8. The van der Waals surface area contributed by atoms with Crippen molar-refractivity contribution in [2.75, 3.05) is 24.9 Å². The molecule has 0 fully saturated rings. The molecule has 6 rings (SSSR count). The quantitative estimate of drug-likeness (QED) is 0.187. The standard InChI is InChI=1S/C33H27N5O3/c1-40-26-15-9-21(10-16-26)28-5-3-4-6-29(28)33(39)36-25-19-30-32(34-20-25)38-31(37-30)22-7-11-23(12-8-22)35-24-13-17-27(41-2)18-14-24/h3-20,35H,1-2H3,(H,36,39)(H,34,37,38). The molecular formula is C33H27N5O3. The number of carbonyl (C=O) groups excluding carboxylic acids is 1. The second kappa shape index (κ2) is 11.2. The molecule has 0 bridgehead atoms. The number of carbonyl (C=O) groups is 1. The summed E-state index contributed by atoms with van der Waals surface area (Å²) in [6, 6.07) is 32.6. The molecule has 41 heavy (non-hydrogen) atoms. The minimum atomic E-state index is -0.228. The number of imidazole rings is 1. The molecule has 0 saturated heterocycles. The van der Waals surface area contributed by atoms with Crippen LogP contribution in [-0.4, -0.2) is 35.1 Å². The van der Waals surface area contributed by atoms with Gasteiger partial charge in [0.1, 0.15) is 22.8 Å². The molecule has 4 aromatic carbocycles. The fourth-order valence-electron chi connectivity index (χ4n) is 4.55. The number of amides is 1. The zero-order valence-electron chi connectivity index (χ0n) is 22.5. The maximum atomic E-state index is 13.3. The van der Waals surface area contributed by atoms with Gasteiger partial charge in [0.2, 0.25) is 0 Å². The van der Waals surface area contributed by atoms with Gasteiger partial charge < -0.3 is 25.1 Å². The lowest BCUT2D eigenvalue weighted by atomic mass is 9.99. The number of methoxy groups -OCH3 is 2. The Morgan fingerprint density at radius 1 is 0.732 bits per heavy atom. The van der Waals surface area contributed by atoms with Gasteiger partial charge in [-0.2, -0.15) is 0 Å². The van der Waals surface area contributed by atoms with E-state index in [1.807, 2.05) is 97.1 Å². The number of hydrogen-bond acceptors (Lipinski definition) is 6. The number of pyridine rings is 1. The van der Waals surface area contributed by atoms with E-state index in [0.717, 1.165) is 39.6 Å². The molecule has 2 aromatic heterocycles. The Morgan fingerprint density at radius 3 is 2.02 bits per heavy atom. The summed E-state index contributed by atoms with van der Waals surface area (Å²) in [4.78, 5) is 25.8. The van der Waals surface area contributed by atoms with Gasteiger partial charge in [0, 0.05) is 22.5 Å². The molecule has 0 aliphatic carbocycles. The predicted octanol–water partition coefficient (Wildman–Crippen LogP) is 7.31. The lowest BCUT2D eigenvalue weighted by molar-refractivity contribution is 0.102. The van der Waals surface area contributed by atoms with Gasteiger partial charge in [0.05, 0.1) is 26.1 Å². The van der Waals surface area contributed by atoms with Crippen molar-refractivity contribution < 1.29 is 14.3 Å². The Hall–Kier alpha value is -5.63. The van der Waals surface area contributed by atoms with Crippen molar-refractivity contribution in [3.8, 4) is 34.0 Å². The highest BCUT2D eigenvalue weighted by Gasteiger charge is 2.14. The number of anilines is 3. The van der Waals surface area contributed by atoms with Gasteiger partial charge >= 0.3 is 0 Å². The minimum absolute atomic E-state index is 0.228. The average molecular weight is 542 g/mol. The second-order valence-electron chi connectivity index (χ2n) is 9.34. The van der Waals surface area contributed by atoms with Crippen molar-refractivity contribution in [2.24, 2.45) is 0 Å². The van der Waals surface area contributed by atoms with Gasteiger partial charge in [-0.1, -0.05) is 30.3 Å². The van der Waals surface area contributed by atoms with Gasteiger partial charge in [-0.25, -0.2) is 9.97 Å². The maximum absolute atomic E-state index is 13.3. The minimum Gasteiger partial charge on any atom is -0.497 e. The molecule has 202 valence electrons. The number of fused-ring (bicyclic) bond motifs is 1. The second-order valence-corrected chi connectivity index (χ2v) is 9.34. The summed E-state index contributed by atoms with van der Waals surface area (Å²) >= 11 is 0. The van der Waals surface area contributed by atoms with E-state index in [1.165, 1.54) is 0 Å². The van der Waals surface area contributed by atoms with Crippen LogP contribution in [0.3, 0.4) is 0 Å². The first-order valence-electron chi connectivity index (χ1n) is 13.0. The Balaban J connectivity index is 1.18. The zero-order chi connectivity index (χ0) is 28.2. The van der Waals surface area contributed by atoms with Crippen LogP contribution < -0.4 is 20.1 Å². The summed E-state index contributed by atoms with van der Waals surface area (Å²) in [6.45, 7) is 0. The highest BCUT2D eigenvalue weighted by molar-refractivity contribution is 6.09. The van der Waals surface area contributed by atoms with Crippen LogP contribution in [0, 0.1) is 0 Å². The van der Waals surface area contributed by atoms with E-state index < -0.39 is 0 Å². The molecule has 2 heterocycles. The molecule has 0 atom stereocenters. The van der Waals surface area contributed by atoms with Crippen molar-refractivity contribution in [3.05, 3.63) is 115 Å². The fourth-order valence-corrected chi connectivity index (χ4v) is 4.55. The highest BCUT2D eigenvalue weighted by atomic mass is 16.5. The van der Waals surface area contributed by atoms with Crippen molar-refractivity contribution >= 4 is 34.1 Å². The van der Waals surface area contributed by atoms with E-state index in [4.69, 9.17) is 14.5 Å². The highest BCUT2D eigenvalue weighted by Crippen LogP contribution is 2.28. The van der Waals surface area contributed by atoms with E-state index in [0.29, 0.717) is 28.2 Å². The SMILES string of the molecule is COc1ccc(Nc2ccc(-c3nc4cc(NC(=O)c5ccccc5-c5ccc(OC)cc5)cnc4[nH]3)cc2)cc1. The topological polar surface area (TPSA) is 101 Å². The average Bonchev–Trinajstić information content (AvgIpc) is 3.45. The smallest absolute Gasteiger partial charge is 0.256 e. The van der Waals surface area contributed by atoms with Crippen LogP contribution in [0.5, 0.6) is 11.5 Å². The van der Waals surface area contributed by atoms with Crippen LogP contribution in [0.4, 0.5) is 17.1 Å². The summed E-state index contributed by atoms with van der Waals surface area (Å²) in [7, 11) is 3.28. The van der Waals surface area contributed by atoms with Gasteiger partial charge in [-0.05, 0) is 83.9 Å². The molecule has 0 spiro atoms. The number of H-pyrrole nitrogens is 1. The summed E-state index contributed by atoms with van der Waals surface area (Å²) < 4.78 is 10.5. The summed E-state index contributed by atoms with van der Waals surface area (Å²) in [5.41, 5.74) is 7.00. The number of nitrogens with zero attached hydrogens (tertiary/aromatic N) is 2. The predicted molar refractivity (Wildman–Crippen MR) is 162 cm³/mol. The van der Waals surface area contributed by atoms with E-state index in [9.17, 15) is 4.79 Å². The molecule has 0 aliphatic heterocycles. The van der Waals surface area contributed by atoms with E-state index in [1.54, 1.807) is 26.5 Å². The first kappa shape index (κ1) is 25.6. The van der Waals surface area contributed by atoms with Crippen LogP contribution in [0.1, 0.15) is 10.4 Å². The van der Waals surface area contributed by atoms with Gasteiger partial charge in [-0.3, -0.25) is 4.79 Å². The number of ether oxygens (including phenoxy) is 2. The first-order valence-corrected chi connectivity index (χ1v) is 13.0. The largest absolute Gasteiger partial charge is 0.497 e. The fraction of sp³-hybridized carbons (Fsp3) is 0.0606. The van der Waals surface area contributed by atoms with Gasteiger partial charge in [0.25, 0.3) is 5.91 Å². The van der Waals surface area contributed by atoms with Crippen LogP contribution >= 0.6 is 0 Å². The molecule has 1 amide bonds. The number of benzene rings is 4. The molecule has 6 aromatic rings. The monoisotopic (exact) mass is 541 g/mol. The van der Waals surface area contributed by atoms with Crippen molar-refractivity contribution in [1.82, 2.24) is 15.0 Å². The van der Waals surface area contributed by atoms with Crippen LogP contribution in [-0.2, 0) is 0 Å². The summed E-state index contributed by atoms with van der Waals surface area (Å²) in [5.74, 6) is 2.03. The molecule has 0 radical (unpaired) electrons. The summed E-state index contributed by atoms with van der Waals surface area (Å²) in [5, 5.41) is 6.35. The summed E-state index contributed by atoms with van der Waals surface area (Å²) in [6.07, 6.45) is 1.63. The van der Waals surface area contributed by atoms with Crippen LogP contribution in [0.2, 0.25) is 0 Å². The zero-order valence-corrected chi connectivity index (χ0v) is 22.5. The number of rotatable bonds is 8. The number of nitrogens with one attached hydrogen (secondary N) is 3. The van der Waals surface area contributed by atoms with Crippen molar-refractivity contribution in [3.63, 3.8) is 0 Å². The molecule has 0 unspecified atom stereocenters. The molecule has 3 N–H and O–H groups in total. The lowest BCUT2D eigenvalue weighted by Gasteiger charge is -2.11. The molecule has 0 aliphatic rings. The number of hydrogen-bond donors (Lipinski definition) is 3. The van der Waals surface area contributed by atoms with Gasteiger partial charge in [-0.15, -0.1) is 0 Å². The van der Waals surface area contributed by atoms with Crippen LogP contribution in [0.25, 0.3) is 33.7 Å². The third-order valence-electron chi connectivity index (χ3n) is 6.70. The number of aromatic amines is 1.